The van der Waals surface area contributed by atoms with Crippen molar-refractivity contribution in [2.45, 2.75) is 87.0 Å². The van der Waals surface area contributed by atoms with E-state index in [1.807, 2.05) is 0 Å². The Kier molecular flexibility index (Phi) is 13.6. The van der Waals surface area contributed by atoms with Gasteiger partial charge in [0.2, 0.25) is 0 Å². The van der Waals surface area contributed by atoms with Gasteiger partial charge in [-0.1, -0.05) is 18.0 Å². The quantitative estimate of drug-likeness (QED) is 0.0315. The smallest absolute Gasteiger partial charge is 0.397 e. The minimum atomic E-state index is -4.97. The third kappa shape index (κ3) is 10.4. The Morgan fingerprint density at radius 2 is 1.57 bits per heavy atom. The van der Waals surface area contributed by atoms with Gasteiger partial charge >= 0.3 is 26.8 Å². The van der Waals surface area contributed by atoms with Gasteiger partial charge in [-0.15, -0.1) is 6.42 Å². The first kappa shape index (κ1) is 38.3. The lowest BCUT2D eigenvalue weighted by atomic mass is 9.92. The molecule has 0 saturated carbocycles. The molecule has 0 radical (unpaired) electrons. The van der Waals surface area contributed by atoms with Crippen LogP contribution in [0.1, 0.15) is 13.3 Å². The van der Waals surface area contributed by atoms with Gasteiger partial charge in [-0.25, -0.2) is 13.2 Å². The number of oxime groups is 1. The number of methoxy groups -OCH3 is 1. The van der Waals surface area contributed by atoms with E-state index in [2.05, 4.69) is 19.4 Å². The molecule has 0 spiro atoms. The Balaban J connectivity index is 1.75. The normalized spacial score (nSPS) is 38.9. The molecular formula is C23H35NO20S2. The molecule has 0 aromatic carbocycles. The molecule has 3 aliphatic rings. The minimum absolute atomic E-state index is 0.230. The van der Waals surface area contributed by atoms with Crippen LogP contribution < -0.4 is 0 Å². The molecule has 0 aromatic heterocycles. The predicted molar refractivity (Wildman–Crippen MR) is 144 cm³/mol. The average Bonchev–Trinajstić information content (AvgIpc) is 3.25. The lowest BCUT2D eigenvalue weighted by Gasteiger charge is -2.45. The summed E-state index contributed by atoms with van der Waals surface area (Å²) in [6.45, 7) is -0.473. The lowest BCUT2D eigenvalue weighted by Crippen LogP contribution is -2.60. The van der Waals surface area contributed by atoms with Gasteiger partial charge < -0.3 is 53.7 Å². The Hall–Kier alpha value is -2.12. The second-order valence-electron chi connectivity index (χ2n) is 10.2. The molecule has 3 rings (SSSR count). The summed E-state index contributed by atoms with van der Waals surface area (Å²) in [6, 6.07) is 0. The number of aliphatic hydroxyl groups excluding tert-OH is 3. The van der Waals surface area contributed by atoms with Crippen molar-refractivity contribution in [2.24, 2.45) is 11.1 Å². The first-order valence-electron chi connectivity index (χ1n) is 13.3. The fourth-order valence-electron chi connectivity index (χ4n) is 4.90. The van der Waals surface area contributed by atoms with Crippen LogP contribution in [0.2, 0.25) is 0 Å². The zero-order valence-electron chi connectivity index (χ0n) is 24.2. The maximum atomic E-state index is 12.2. The Bertz CT molecular complexity index is 1300. The summed E-state index contributed by atoms with van der Waals surface area (Å²) in [6.07, 6.45) is -12.4. The standard InChI is InChI=1S/C23H35NO20S2/c1-4-5-37-24-7-13-17(27)19(15(40-13)9-39-46(33,34)35)43-23-11(25)6-12(20(44-23)21(28)29)41-22-10(2)16(26)18(36-3)14(42-22)8-38-45(30,31)32/h1,7,10-20,22-23,25-27H,5-6,8-9H2,2-3H3,(H,28,29)(H,30,31,32)(H,33,34,35)/b24-7-/t10?,11?,12-,13-,14?,15+,16+,17+,18+,19?,20?,22-,23+/m0/s1. The molecule has 0 aliphatic carbocycles. The van der Waals surface area contributed by atoms with Gasteiger partial charge in [0.25, 0.3) is 0 Å². The van der Waals surface area contributed by atoms with Gasteiger partial charge in [-0.05, 0) is 0 Å². The Labute approximate surface area is 263 Å². The van der Waals surface area contributed by atoms with E-state index in [4.69, 9.17) is 48.8 Å². The molecule has 264 valence electrons. The van der Waals surface area contributed by atoms with Crippen molar-refractivity contribution in [3.8, 4) is 12.3 Å². The zero-order valence-corrected chi connectivity index (χ0v) is 25.8. The Morgan fingerprint density at radius 1 is 0.957 bits per heavy atom. The number of aliphatic hydroxyl groups is 3. The van der Waals surface area contributed by atoms with Gasteiger partial charge in [0.05, 0.1) is 25.5 Å². The number of aliphatic carboxylic acids is 1. The van der Waals surface area contributed by atoms with Crippen LogP contribution in [-0.4, -0.2) is 159 Å². The summed E-state index contributed by atoms with van der Waals surface area (Å²) in [5.74, 6) is -0.370. The highest BCUT2D eigenvalue weighted by Crippen LogP contribution is 2.34. The van der Waals surface area contributed by atoms with Crippen LogP contribution in [0, 0.1) is 18.3 Å². The van der Waals surface area contributed by atoms with Crippen molar-refractivity contribution < 1.29 is 92.8 Å². The van der Waals surface area contributed by atoms with E-state index in [9.17, 15) is 42.1 Å². The van der Waals surface area contributed by atoms with E-state index < -0.39 is 126 Å². The molecule has 23 heteroatoms. The molecule has 3 fully saturated rings. The van der Waals surface area contributed by atoms with Crippen molar-refractivity contribution in [1.82, 2.24) is 0 Å². The Morgan fingerprint density at radius 3 is 2.11 bits per heavy atom. The zero-order chi connectivity index (χ0) is 34.4. The van der Waals surface area contributed by atoms with Crippen LogP contribution in [-0.2, 0) is 67.2 Å². The summed E-state index contributed by atoms with van der Waals surface area (Å²) in [5.41, 5.74) is 0. The van der Waals surface area contributed by atoms with Crippen molar-refractivity contribution >= 4 is 33.0 Å². The van der Waals surface area contributed by atoms with Crippen LogP contribution >= 0.6 is 0 Å². The van der Waals surface area contributed by atoms with Crippen molar-refractivity contribution in [3.63, 3.8) is 0 Å². The molecule has 46 heavy (non-hydrogen) atoms. The maximum absolute atomic E-state index is 12.2. The van der Waals surface area contributed by atoms with Crippen LogP contribution in [0.4, 0.5) is 0 Å². The average molecular weight is 710 g/mol. The first-order valence-corrected chi connectivity index (χ1v) is 16.1. The number of nitrogens with zero attached hydrogens (tertiary/aromatic N) is 1. The number of hydrogen-bond donors (Lipinski definition) is 6. The van der Waals surface area contributed by atoms with Crippen molar-refractivity contribution in [1.29, 1.82) is 0 Å². The number of carboxylic acid groups (broad SMARTS) is 1. The van der Waals surface area contributed by atoms with Crippen LogP contribution in [0.5, 0.6) is 0 Å². The third-order valence-electron chi connectivity index (χ3n) is 7.07. The van der Waals surface area contributed by atoms with E-state index in [1.165, 1.54) is 14.0 Å². The minimum Gasteiger partial charge on any atom is -0.479 e. The molecule has 3 saturated heterocycles. The van der Waals surface area contributed by atoms with E-state index in [1.54, 1.807) is 0 Å². The highest BCUT2D eigenvalue weighted by Gasteiger charge is 2.52. The molecule has 3 aliphatic heterocycles. The van der Waals surface area contributed by atoms with Crippen molar-refractivity contribution in [2.75, 3.05) is 26.9 Å². The predicted octanol–water partition coefficient (Wildman–Crippen LogP) is -3.54. The van der Waals surface area contributed by atoms with Gasteiger partial charge in [0, 0.05) is 19.4 Å². The molecule has 21 nitrogen and oxygen atoms in total. The molecule has 0 bridgehead atoms. The number of rotatable bonds is 15. The second kappa shape index (κ2) is 16.3. The van der Waals surface area contributed by atoms with E-state index in [0.717, 1.165) is 6.21 Å². The van der Waals surface area contributed by atoms with Gasteiger partial charge in [0.15, 0.2) is 25.3 Å². The molecule has 0 amide bonds. The fourth-order valence-corrected chi connectivity index (χ4v) is 5.51. The van der Waals surface area contributed by atoms with Crippen LogP contribution in [0.3, 0.4) is 0 Å². The highest BCUT2D eigenvalue weighted by molar-refractivity contribution is 7.81. The van der Waals surface area contributed by atoms with Gasteiger partial charge in [-0.3, -0.25) is 9.11 Å². The van der Waals surface area contributed by atoms with Gasteiger partial charge in [0.1, 0.15) is 48.8 Å². The summed E-state index contributed by atoms with van der Waals surface area (Å²) in [5, 5.41) is 45.7. The summed E-state index contributed by atoms with van der Waals surface area (Å²) < 4.78 is 104. The monoisotopic (exact) mass is 709 g/mol. The number of ether oxygens (including phenoxy) is 6. The number of terminal acetylenes is 1. The first-order chi connectivity index (χ1) is 21.5. The van der Waals surface area contributed by atoms with Crippen molar-refractivity contribution in [3.05, 3.63) is 0 Å². The van der Waals surface area contributed by atoms with E-state index in [0.29, 0.717) is 0 Å². The number of carbonyl (C=O) groups is 1. The SMILES string of the molecule is C#CCO/N=C\[C@@H]1O[C@H](COS(=O)(=O)O)C(O[C@@H]2OC(C(=O)O)[C@@H](O[C@H]3OC(COS(=O)(=O)O)[C@@H](OC)[C@H](O)C3C)CC2O)[C@@H]1O. The van der Waals surface area contributed by atoms with Crippen LogP contribution in [0.25, 0.3) is 0 Å². The number of carboxylic acids is 1. The summed E-state index contributed by atoms with van der Waals surface area (Å²) in [4.78, 5) is 16.9. The lowest BCUT2D eigenvalue weighted by molar-refractivity contribution is -0.334. The topological polar surface area (TPSA) is 302 Å². The molecule has 5 unspecified atom stereocenters. The molecule has 3 heterocycles. The molecule has 13 atom stereocenters. The summed E-state index contributed by atoms with van der Waals surface area (Å²) in [7, 11) is -8.67. The van der Waals surface area contributed by atoms with E-state index >= 15 is 0 Å². The third-order valence-corrected chi connectivity index (χ3v) is 7.93. The summed E-state index contributed by atoms with van der Waals surface area (Å²) >= 11 is 0. The molecule has 0 aromatic rings. The fraction of sp³-hybridized carbons (Fsp3) is 0.826. The maximum Gasteiger partial charge on any atom is 0.397 e. The van der Waals surface area contributed by atoms with Gasteiger partial charge in [-0.2, -0.15) is 16.8 Å². The molecule has 6 N–H and O–H groups in total. The number of hydrogen-bond acceptors (Lipinski definition) is 18. The van der Waals surface area contributed by atoms with Crippen LogP contribution in [0.15, 0.2) is 5.16 Å². The van der Waals surface area contributed by atoms with E-state index in [-0.39, 0.29) is 6.61 Å². The highest BCUT2D eigenvalue weighted by atomic mass is 32.3. The molecular weight excluding hydrogens is 674 g/mol. The largest absolute Gasteiger partial charge is 0.479 e. The second-order valence-corrected chi connectivity index (χ2v) is 12.4.